The van der Waals surface area contributed by atoms with Gasteiger partial charge in [-0.2, -0.15) is 0 Å². The predicted octanol–water partition coefficient (Wildman–Crippen LogP) is 1.28. The quantitative estimate of drug-likeness (QED) is 0.564. The largest absolute Gasteiger partial charge is 0.462 e. The number of nitrogens with zero attached hydrogens (tertiary/aromatic N) is 2. The summed E-state index contributed by atoms with van der Waals surface area (Å²) < 4.78 is 9.64. The highest BCUT2D eigenvalue weighted by molar-refractivity contribution is 7.17. The summed E-state index contributed by atoms with van der Waals surface area (Å²) in [5.41, 5.74) is -0.173. The summed E-state index contributed by atoms with van der Waals surface area (Å²) in [7, 11) is 1.36. The number of ether oxygens (including phenoxy) is 2. The number of thiazole rings is 1. The molecule has 2 heterocycles. The second kappa shape index (κ2) is 7.79. The Labute approximate surface area is 141 Å². The Hall–Kier alpha value is -2.59. The molecule has 0 aliphatic carbocycles. The van der Waals surface area contributed by atoms with Crippen LogP contribution >= 0.6 is 11.3 Å². The van der Waals surface area contributed by atoms with E-state index in [0.717, 1.165) is 17.5 Å². The third kappa shape index (κ3) is 4.03. The van der Waals surface area contributed by atoms with Crippen molar-refractivity contribution in [2.24, 2.45) is 0 Å². The van der Waals surface area contributed by atoms with Gasteiger partial charge in [-0.25, -0.2) is 14.8 Å². The maximum Gasteiger partial charge on any atom is 0.350 e. The van der Waals surface area contributed by atoms with Crippen LogP contribution < -0.4 is 10.9 Å². The number of aryl methyl sites for hydroxylation is 1. The molecule has 2 aromatic rings. The van der Waals surface area contributed by atoms with Crippen LogP contribution in [0.25, 0.3) is 0 Å². The fourth-order valence-corrected chi connectivity index (χ4v) is 2.66. The Morgan fingerprint density at radius 1 is 1.42 bits per heavy atom. The average Bonchev–Trinajstić information content (AvgIpc) is 2.88. The minimum Gasteiger partial charge on any atom is -0.462 e. The molecule has 10 heteroatoms. The van der Waals surface area contributed by atoms with Gasteiger partial charge < -0.3 is 14.8 Å². The first-order valence-corrected chi connectivity index (χ1v) is 7.81. The van der Waals surface area contributed by atoms with Gasteiger partial charge in [-0.1, -0.05) is 11.3 Å². The van der Waals surface area contributed by atoms with Gasteiger partial charge >= 0.3 is 5.97 Å². The van der Waals surface area contributed by atoms with Gasteiger partial charge in [0, 0.05) is 13.3 Å². The number of rotatable bonds is 7. The molecule has 0 aliphatic rings. The third-order valence-corrected chi connectivity index (χ3v) is 3.91. The van der Waals surface area contributed by atoms with E-state index in [9.17, 15) is 14.4 Å². The minimum absolute atomic E-state index is 0.0927. The highest BCUT2D eigenvalue weighted by Gasteiger charge is 2.17. The average molecular weight is 352 g/mol. The van der Waals surface area contributed by atoms with Crippen molar-refractivity contribution < 1.29 is 19.1 Å². The number of Topliss-reactive ketones (excluding diaryl/α,β-unsaturated/α-hetero) is 1. The van der Waals surface area contributed by atoms with Crippen molar-refractivity contribution in [3.8, 4) is 0 Å². The van der Waals surface area contributed by atoms with E-state index in [0.29, 0.717) is 15.7 Å². The molecule has 9 nitrogen and oxygen atoms in total. The lowest BCUT2D eigenvalue weighted by atomic mass is 10.2. The Morgan fingerprint density at radius 3 is 2.79 bits per heavy atom. The standard InChI is InChI=1S/C14H16N4O5S/c1-4-23-12(21)10-7(2)16-14(24-10)18-13-15-5-8(11(20)17-13)9(19)6-22-3/h5H,4,6H2,1-3H3,(H2,15,16,17,18,20). The fourth-order valence-electron chi connectivity index (χ4n) is 1.80. The number of hydrogen-bond acceptors (Lipinski definition) is 9. The maximum atomic E-state index is 11.9. The molecular weight excluding hydrogens is 336 g/mol. The lowest BCUT2D eigenvalue weighted by Crippen LogP contribution is -2.22. The molecule has 0 atom stereocenters. The maximum absolute atomic E-state index is 11.9. The molecule has 0 unspecified atom stereocenters. The van der Waals surface area contributed by atoms with E-state index >= 15 is 0 Å². The Morgan fingerprint density at radius 2 is 2.17 bits per heavy atom. The SMILES string of the molecule is CCOC(=O)c1sc(Nc2ncc(C(=O)COC)c(=O)[nH]2)nc1C. The number of anilines is 2. The lowest BCUT2D eigenvalue weighted by molar-refractivity contribution is 0.0531. The summed E-state index contributed by atoms with van der Waals surface area (Å²) >= 11 is 1.08. The molecule has 0 amide bonds. The molecule has 0 radical (unpaired) electrons. The lowest BCUT2D eigenvalue weighted by Gasteiger charge is -2.03. The molecule has 0 fully saturated rings. The van der Waals surface area contributed by atoms with Crippen LogP contribution in [-0.4, -0.2) is 47.0 Å². The summed E-state index contributed by atoms with van der Waals surface area (Å²) in [6.45, 7) is 3.46. The van der Waals surface area contributed by atoms with Crippen molar-refractivity contribution in [2.75, 3.05) is 25.6 Å². The number of aromatic nitrogens is 3. The van der Waals surface area contributed by atoms with Gasteiger partial charge in [-0.05, 0) is 13.8 Å². The molecule has 128 valence electrons. The van der Waals surface area contributed by atoms with Crippen molar-refractivity contribution in [3.63, 3.8) is 0 Å². The summed E-state index contributed by atoms with van der Waals surface area (Å²) in [6.07, 6.45) is 1.16. The van der Waals surface area contributed by atoms with E-state index in [4.69, 9.17) is 9.47 Å². The normalized spacial score (nSPS) is 10.5. The zero-order valence-corrected chi connectivity index (χ0v) is 14.2. The molecule has 24 heavy (non-hydrogen) atoms. The number of H-pyrrole nitrogens is 1. The first-order chi connectivity index (χ1) is 11.5. The highest BCUT2D eigenvalue weighted by atomic mass is 32.1. The molecule has 0 aliphatic heterocycles. The van der Waals surface area contributed by atoms with E-state index in [1.165, 1.54) is 7.11 Å². The van der Waals surface area contributed by atoms with Crippen LogP contribution in [0.3, 0.4) is 0 Å². The molecule has 2 aromatic heterocycles. The van der Waals surface area contributed by atoms with Crippen LogP contribution in [0.5, 0.6) is 0 Å². The first kappa shape index (κ1) is 17.8. The molecule has 2 N–H and O–H groups in total. The van der Waals surface area contributed by atoms with Crippen molar-refractivity contribution in [1.29, 1.82) is 0 Å². The first-order valence-electron chi connectivity index (χ1n) is 6.99. The van der Waals surface area contributed by atoms with Crippen LogP contribution in [0.1, 0.15) is 32.6 Å². The van der Waals surface area contributed by atoms with Gasteiger partial charge in [0.2, 0.25) is 5.95 Å². The van der Waals surface area contributed by atoms with Crippen LogP contribution in [0.4, 0.5) is 11.1 Å². The van der Waals surface area contributed by atoms with Gasteiger partial charge in [0.15, 0.2) is 10.9 Å². The molecule has 0 bridgehead atoms. The number of hydrogen-bond donors (Lipinski definition) is 2. The van der Waals surface area contributed by atoms with Crippen molar-refractivity contribution in [3.05, 3.63) is 32.7 Å². The molecule has 0 aromatic carbocycles. The number of carbonyl (C=O) groups is 2. The molecule has 0 saturated heterocycles. The van der Waals surface area contributed by atoms with Crippen LogP contribution in [-0.2, 0) is 9.47 Å². The van der Waals surface area contributed by atoms with Gasteiger partial charge in [-0.15, -0.1) is 0 Å². The van der Waals surface area contributed by atoms with E-state index < -0.39 is 17.3 Å². The van der Waals surface area contributed by atoms with Gasteiger partial charge in [-0.3, -0.25) is 14.6 Å². The van der Waals surface area contributed by atoms with E-state index in [2.05, 4.69) is 20.3 Å². The Balaban J connectivity index is 2.19. The fraction of sp³-hybridized carbons (Fsp3) is 0.357. The number of aromatic amines is 1. The van der Waals surface area contributed by atoms with Gasteiger partial charge in [0.05, 0.1) is 12.3 Å². The summed E-state index contributed by atoms with van der Waals surface area (Å²) in [5.74, 6) is -0.812. The Kier molecular flexibility index (Phi) is 5.77. The van der Waals surface area contributed by atoms with Crippen LogP contribution in [0.2, 0.25) is 0 Å². The second-order valence-corrected chi connectivity index (χ2v) is 5.61. The number of nitrogens with one attached hydrogen (secondary N) is 2. The van der Waals surface area contributed by atoms with E-state index in [1.54, 1.807) is 13.8 Å². The molecule has 0 spiro atoms. The van der Waals surface area contributed by atoms with Crippen molar-refractivity contribution in [2.45, 2.75) is 13.8 Å². The minimum atomic E-state index is -0.589. The smallest absolute Gasteiger partial charge is 0.350 e. The van der Waals surface area contributed by atoms with E-state index in [-0.39, 0.29) is 24.7 Å². The van der Waals surface area contributed by atoms with Crippen molar-refractivity contribution >= 4 is 34.2 Å². The zero-order valence-electron chi connectivity index (χ0n) is 13.3. The molecular formula is C14H16N4O5S. The predicted molar refractivity (Wildman–Crippen MR) is 87.2 cm³/mol. The van der Waals surface area contributed by atoms with Gasteiger partial charge in [0.1, 0.15) is 17.0 Å². The highest BCUT2D eigenvalue weighted by Crippen LogP contribution is 2.25. The van der Waals surface area contributed by atoms with Crippen LogP contribution in [0, 0.1) is 6.92 Å². The molecule has 2 rings (SSSR count). The zero-order chi connectivity index (χ0) is 17.7. The number of esters is 1. The number of carbonyl (C=O) groups excluding carboxylic acids is 2. The van der Waals surface area contributed by atoms with Crippen LogP contribution in [0.15, 0.2) is 11.0 Å². The Bertz CT molecular complexity index is 814. The number of ketones is 1. The van der Waals surface area contributed by atoms with E-state index in [1.807, 2.05) is 0 Å². The summed E-state index contributed by atoms with van der Waals surface area (Å²) in [6, 6.07) is 0. The van der Waals surface area contributed by atoms with Crippen molar-refractivity contribution in [1.82, 2.24) is 15.0 Å². The summed E-state index contributed by atoms with van der Waals surface area (Å²) in [4.78, 5) is 46.3. The van der Waals surface area contributed by atoms with Gasteiger partial charge in [0.25, 0.3) is 5.56 Å². The monoisotopic (exact) mass is 352 g/mol. The summed E-state index contributed by atoms with van der Waals surface area (Å²) in [5, 5.41) is 3.16. The number of methoxy groups -OCH3 is 1. The third-order valence-electron chi connectivity index (χ3n) is 2.86. The molecule has 0 saturated carbocycles. The second-order valence-electron chi connectivity index (χ2n) is 4.61. The topological polar surface area (TPSA) is 123 Å².